The van der Waals surface area contributed by atoms with E-state index in [0.29, 0.717) is 6.04 Å². The Morgan fingerprint density at radius 2 is 1.76 bits per heavy atom. The van der Waals surface area contributed by atoms with Crippen molar-refractivity contribution in [3.8, 4) is 0 Å². The highest BCUT2D eigenvalue weighted by Crippen LogP contribution is 2.28. The molecular weight excluding hydrogens is 400 g/mol. The van der Waals surface area contributed by atoms with Gasteiger partial charge < -0.3 is 5.73 Å². The summed E-state index contributed by atoms with van der Waals surface area (Å²) in [4.78, 5) is 2.55. The van der Waals surface area contributed by atoms with Crippen molar-refractivity contribution in [1.82, 2.24) is 4.90 Å². The monoisotopic (exact) mass is 448 g/mol. The number of hydrogen-bond acceptors (Lipinski definition) is 2. The summed E-state index contributed by atoms with van der Waals surface area (Å²) >= 11 is 0. The molecule has 1 unspecified atom stereocenters. The van der Waals surface area contributed by atoms with Gasteiger partial charge in [-0.3, -0.25) is 4.90 Å². The smallest absolute Gasteiger partial charge is 0.0218 e. The van der Waals surface area contributed by atoms with Crippen molar-refractivity contribution < 1.29 is 0 Å². The summed E-state index contributed by atoms with van der Waals surface area (Å²) in [5.74, 6) is 0. The first-order valence-corrected chi connectivity index (χ1v) is 13.3. The van der Waals surface area contributed by atoms with E-state index in [1.165, 1.54) is 73.0 Å². The van der Waals surface area contributed by atoms with Crippen molar-refractivity contribution in [2.24, 2.45) is 5.73 Å². The first-order valence-electron chi connectivity index (χ1n) is 13.3. The van der Waals surface area contributed by atoms with Crippen molar-refractivity contribution >= 4 is 5.57 Å². The summed E-state index contributed by atoms with van der Waals surface area (Å²) < 4.78 is 0. The van der Waals surface area contributed by atoms with E-state index in [-0.39, 0.29) is 0 Å². The van der Waals surface area contributed by atoms with Crippen LogP contribution in [0.4, 0.5) is 0 Å². The Hall–Kier alpha value is -1.90. The van der Waals surface area contributed by atoms with Crippen molar-refractivity contribution in [2.75, 3.05) is 19.6 Å². The molecule has 0 spiro atoms. The summed E-state index contributed by atoms with van der Waals surface area (Å²) in [5, 5.41) is 0. The molecule has 1 atom stereocenters. The third-order valence-corrected chi connectivity index (χ3v) is 7.20. The van der Waals surface area contributed by atoms with Crippen LogP contribution >= 0.6 is 0 Å². The van der Waals surface area contributed by atoms with Crippen LogP contribution < -0.4 is 5.73 Å². The minimum atomic E-state index is 0.602. The highest BCUT2D eigenvalue weighted by molar-refractivity contribution is 5.65. The fraction of sp³-hybridized carbons (Fsp3) is 0.548. The van der Waals surface area contributed by atoms with Crippen molar-refractivity contribution in [2.45, 2.75) is 91.0 Å². The van der Waals surface area contributed by atoms with Gasteiger partial charge in [0.25, 0.3) is 0 Å². The third kappa shape index (κ3) is 8.76. The molecule has 2 N–H and O–H groups in total. The maximum atomic E-state index is 5.99. The van der Waals surface area contributed by atoms with E-state index < -0.39 is 0 Å². The fourth-order valence-electron chi connectivity index (χ4n) is 4.85. The van der Waals surface area contributed by atoms with E-state index >= 15 is 0 Å². The minimum Gasteiger partial charge on any atom is -0.329 e. The van der Waals surface area contributed by atoms with Gasteiger partial charge in [-0.05, 0) is 99.2 Å². The Balaban J connectivity index is 1.92. The van der Waals surface area contributed by atoms with Crippen molar-refractivity contribution in [3.63, 3.8) is 0 Å². The zero-order valence-electron chi connectivity index (χ0n) is 21.7. The highest BCUT2D eigenvalue weighted by Gasteiger charge is 2.22. The molecule has 2 nitrogen and oxygen atoms in total. The molecule has 33 heavy (non-hydrogen) atoms. The first-order chi connectivity index (χ1) is 16.0. The predicted octanol–water partition coefficient (Wildman–Crippen LogP) is 7.43. The summed E-state index contributed by atoms with van der Waals surface area (Å²) in [5.41, 5.74) is 14.6. The summed E-state index contributed by atoms with van der Waals surface area (Å²) in [6.45, 7) is 18.3. The molecule has 1 fully saturated rings. The second-order valence-electron chi connectivity index (χ2n) is 9.60. The number of likely N-dealkylation sites (tertiary alicyclic amines) is 1. The number of nitrogens with zero attached hydrogens (tertiary/aromatic N) is 1. The van der Waals surface area contributed by atoms with Crippen LogP contribution in [0.15, 0.2) is 55.2 Å². The lowest BCUT2D eigenvalue weighted by Crippen LogP contribution is -2.48. The maximum absolute atomic E-state index is 5.99. The molecule has 1 saturated heterocycles. The first kappa shape index (κ1) is 27.3. The Morgan fingerprint density at radius 3 is 2.30 bits per heavy atom. The molecule has 0 bridgehead atoms. The Labute approximate surface area is 204 Å². The van der Waals surface area contributed by atoms with Crippen LogP contribution in [0.3, 0.4) is 0 Å². The molecule has 1 aromatic rings. The number of rotatable bonds is 16. The molecule has 0 aromatic heterocycles. The average molecular weight is 449 g/mol. The van der Waals surface area contributed by atoms with Crippen LogP contribution in [0.5, 0.6) is 0 Å². The van der Waals surface area contributed by atoms with Gasteiger partial charge in [0.1, 0.15) is 0 Å². The molecule has 1 heterocycles. The summed E-state index contributed by atoms with van der Waals surface area (Å²) in [6, 6.07) is 5.44. The number of unbranched alkanes of at least 4 members (excludes halogenated alkanes) is 2. The zero-order chi connectivity index (χ0) is 24.1. The quantitative estimate of drug-likeness (QED) is 0.210. The van der Waals surface area contributed by atoms with E-state index in [1.807, 2.05) is 12.2 Å². The standard InChI is InChI=1S/C31H48N2/c1-6-9-11-15-25(4)18-19-31-27(7-2)22-29(23-28(31)8-3)26(5)16-12-10-13-17-30(24-32)33-20-14-21-33/h6,9,11,15,22-23,30H,1,5,7-8,10,12-14,16-21,24,32H2,2-4H3/b11-9-,25-15+. The fourth-order valence-corrected chi connectivity index (χ4v) is 4.85. The van der Waals surface area contributed by atoms with Gasteiger partial charge in [-0.15, -0.1) is 0 Å². The molecule has 2 rings (SSSR count). The minimum absolute atomic E-state index is 0.602. The van der Waals surface area contributed by atoms with Gasteiger partial charge in [-0.2, -0.15) is 0 Å². The van der Waals surface area contributed by atoms with Crippen molar-refractivity contribution in [1.29, 1.82) is 0 Å². The van der Waals surface area contributed by atoms with Gasteiger partial charge in [-0.25, -0.2) is 0 Å². The number of hydrogen-bond donors (Lipinski definition) is 1. The average Bonchev–Trinajstić information content (AvgIpc) is 2.79. The van der Waals surface area contributed by atoms with Crippen LogP contribution in [0.1, 0.15) is 88.0 Å². The number of nitrogens with two attached hydrogens (primary N) is 1. The van der Waals surface area contributed by atoms with E-state index in [2.05, 4.69) is 63.1 Å². The normalized spacial score (nSPS) is 15.6. The Kier molecular flexibility index (Phi) is 12.5. The molecule has 182 valence electrons. The largest absolute Gasteiger partial charge is 0.329 e. The van der Waals surface area contributed by atoms with Crippen LogP contribution in [0.25, 0.3) is 5.57 Å². The molecular formula is C31H48N2. The van der Waals surface area contributed by atoms with Gasteiger partial charge in [0.2, 0.25) is 0 Å². The SMILES string of the molecule is C=C/C=C\C=C(/C)CCc1c(CC)cc(C(=C)CCCCCC(CN)N2CCC2)cc1CC. The lowest BCUT2D eigenvalue weighted by atomic mass is 9.88. The van der Waals surface area contributed by atoms with Crippen LogP contribution in [0.2, 0.25) is 0 Å². The molecule has 0 saturated carbocycles. The van der Waals surface area contributed by atoms with Gasteiger partial charge in [-0.1, -0.05) is 81.9 Å². The van der Waals surface area contributed by atoms with Crippen LogP contribution in [0, 0.1) is 0 Å². The van der Waals surface area contributed by atoms with E-state index in [9.17, 15) is 0 Å². The zero-order valence-corrected chi connectivity index (χ0v) is 21.7. The lowest BCUT2D eigenvalue weighted by Gasteiger charge is -2.38. The van der Waals surface area contributed by atoms with E-state index in [4.69, 9.17) is 5.73 Å². The Morgan fingerprint density at radius 1 is 1.06 bits per heavy atom. The van der Waals surface area contributed by atoms with Crippen LogP contribution in [-0.4, -0.2) is 30.6 Å². The molecule has 0 aliphatic carbocycles. The summed E-state index contributed by atoms with van der Waals surface area (Å²) in [6.07, 6.45) is 19.9. The Bertz CT molecular complexity index is 785. The maximum Gasteiger partial charge on any atom is 0.0218 e. The van der Waals surface area contributed by atoms with Gasteiger partial charge in [0.15, 0.2) is 0 Å². The topological polar surface area (TPSA) is 29.3 Å². The predicted molar refractivity (Wildman–Crippen MR) is 148 cm³/mol. The number of aryl methyl sites for hydroxylation is 2. The third-order valence-electron chi connectivity index (χ3n) is 7.20. The van der Waals surface area contributed by atoms with Crippen LogP contribution in [-0.2, 0) is 19.3 Å². The van der Waals surface area contributed by atoms with E-state index in [0.717, 1.165) is 38.6 Å². The molecule has 1 aliphatic rings. The molecule has 1 aromatic carbocycles. The summed E-state index contributed by atoms with van der Waals surface area (Å²) in [7, 11) is 0. The number of benzene rings is 1. The van der Waals surface area contributed by atoms with E-state index in [1.54, 1.807) is 5.56 Å². The number of allylic oxidation sites excluding steroid dienone is 6. The lowest BCUT2D eigenvalue weighted by molar-refractivity contribution is 0.114. The second-order valence-corrected chi connectivity index (χ2v) is 9.60. The highest BCUT2D eigenvalue weighted by atomic mass is 15.2. The molecule has 1 aliphatic heterocycles. The van der Waals surface area contributed by atoms with Gasteiger partial charge in [0, 0.05) is 12.6 Å². The molecule has 0 radical (unpaired) electrons. The van der Waals surface area contributed by atoms with Gasteiger partial charge >= 0.3 is 0 Å². The second kappa shape index (κ2) is 15.1. The molecule has 0 amide bonds. The van der Waals surface area contributed by atoms with Gasteiger partial charge in [0.05, 0.1) is 0 Å². The van der Waals surface area contributed by atoms with Crippen molar-refractivity contribution in [3.05, 3.63) is 77.4 Å². The molecule has 2 heteroatoms.